The van der Waals surface area contributed by atoms with E-state index in [-0.39, 0.29) is 5.41 Å². The van der Waals surface area contributed by atoms with Gasteiger partial charge in [-0.1, -0.05) is 13.8 Å². The number of nitrogens with zero attached hydrogens (tertiary/aromatic N) is 1. The average molecular weight is 200 g/mol. The van der Waals surface area contributed by atoms with Gasteiger partial charge in [-0.15, -0.1) is 0 Å². The fourth-order valence-corrected chi connectivity index (χ4v) is 1.66. The molecule has 0 radical (unpaired) electrons. The highest BCUT2D eigenvalue weighted by molar-refractivity contribution is 4.74. The van der Waals surface area contributed by atoms with E-state index >= 15 is 0 Å². The Bertz CT molecular complexity index is 171. The van der Waals surface area contributed by atoms with Crippen molar-refractivity contribution in [3.05, 3.63) is 0 Å². The van der Waals surface area contributed by atoms with Crippen molar-refractivity contribution >= 4 is 0 Å². The van der Waals surface area contributed by atoms with Gasteiger partial charge in [0, 0.05) is 13.1 Å². The lowest BCUT2D eigenvalue weighted by atomic mass is 9.89. The molecule has 1 aliphatic heterocycles. The van der Waals surface area contributed by atoms with Crippen LogP contribution in [0, 0.1) is 5.41 Å². The van der Waals surface area contributed by atoms with Crippen LogP contribution in [-0.4, -0.2) is 43.8 Å². The Balaban J connectivity index is 2.23. The molecule has 0 spiro atoms. The van der Waals surface area contributed by atoms with E-state index in [2.05, 4.69) is 25.7 Å². The molecule has 0 aliphatic carbocycles. The normalized spacial score (nSPS) is 25.3. The minimum atomic E-state index is 0.279. The molecule has 2 N–H and O–H groups in total. The molecular weight excluding hydrogens is 176 g/mol. The summed E-state index contributed by atoms with van der Waals surface area (Å²) in [6.45, 7) is 11.6. The standard InChI is InChI=1S/C11H24N2O/c1-10-8-13(6-7-14-10)5-4-11(2,3)9-12/h10H,4-9,12H2,1-3H3. The van der Waals surface area contributed by atoms with Gasteiger partial charge >= 0.3 is 0 Å². The molecule has 0 saturated carbocycles. The van der Waals surface area contributed by atoms with E-state index in [4.69, 9.17) is 10.5 Å². The van der Waals surface area contributed by atoms with E-state index in [0.717, 1.165) is 32.8 Å². The third-order valence-electron chi connectivity index (χ3n) is 2.98. The summed E-state index contributed by atoms with van der Waals surface area (Å²) in [4.78, 5) is 2.48. The molecule has 1 heterocycles. The first-order valence-electron chi connectivity index (χ1n) is 5.57. The lowest BCUT2D eigenvalue weighted by molar-refractivity contribution is -0.0211. The molecule has 1 unspecified atom stereocenters. The minimum Gasteiger partial charge on any atom is -0.376 e. The molecule has 84 valence electrons. The van der Waals surface area contributed by atoms with Gasteiger partial charge in [0.1, 0.15) is 0 Å². The predicted octanol–water partition coefficient (Wildman–Crippen LogP) is 1.08. The Morgan fingerprint density at radius 2 is 2.21 bits per heavy atom. The molecule has 0 aromatic carbocycles. The maximum Gasteiger partial charge on any atom is 0.0674 e. The van der Waals surface area contributed by atoms with E-state index in [9.17, 15) is 0 Å². The Morgan fingerprint density at radius 1 is 1.50 bits per heavy atom. The van der Waals surface area contributed by atoms with Gasteiger partial charge in [-0.25, -0.2) is 0 Å². The smallest absolute Gasteiger partial charge is 0.0674 e. The Kier molecular flexibility index (Phi) is 4.35. The van der Waals surface area contributed by atoms with Gasteiger partial charge in [-0.2, -0.15) is 0 Å². The van der Waals surface area contributed by atoms with Crippen LogP contribution in [0.25, 0.3) is 0 Å². The van der Waals surface area contributed by atoms with Crippen molar-refractivity contribution in [3.63, 3.8) is 0 Å². The minimum absolute atomic E-state index is 0.279. The molecule has 1 aliphatic rings. The lowest BCUT2D eigenvalue weighted by Gasteiger charge is -2.33. The first-order chi connectivity index (χ1) is 6.53. The van der Waals surface area contributed by atoms with Crippen LogP contribution in [0.2, 0.25) is 0 Å². The molecule has 14 heavy (non-hydrogen) atoms. The summed E-state index contributed by atoms with van der Waals surface area (Å²) in [6, 6.07) is 0. The van der Waals surface area contributed by atoms with Crippen molar-refractivity contribution in [1.82, 2.24) is 4.90 Å². The predicted molar refractivity (Wildman–Crippen MR) is 59.3 cm³/mol. The zero-order valence-corrected chi connectivity index (χ0v) is 9.75. The molecule has 1 fully saturated rings. The molecule has 3 heteroatoms. The fourth-order valence-electron chi connectivity index (χ4n) is 1.66. The molecule has 1 atom stereocenters. The van der Waals surface area contributed by atoms with Crippen LogP contribution in [0.4, 0.5) is 0 Å². The van der Waals surface area contributed by atoms with Gasteiger partial charge in [0.05, 0.1) is 12.7 Å². The van der Waals surface area contributed by atoms with Crippen LogP contribution in [0.15, 0.2) is 0 Å². The second kappa shape index (κ2) is 5.10. The summed E-state index contributed by atoms with van der Waals surface area (Å²) in [5.74, 6) is 0. The second-order valence-corrected chi connectivity index (χ2v) is 5.10. The van der Waals surface area contributed by atoms with Crippen molar-refractivity contribution < 1.29 is 4.74 Å². The molecular formula is C11H24N2O. The quantitative estimate of drug-likeness (QED) is 0.738. The number of ether oxygens (including phenoxy) is 1. The molecule has 3 nitrogen and oxygen atoms in total. The van der Waals surface area contributed by atoms with Gasteiger partial charge in [0.15, 0.2) is 0 Å². The summed E-state index contributed by atoms with van der Waals surface area (Å²) in [5.41, 5.74) is 5.99. The molecule has 0 aromatic rings. The topological polar surface area (TPSA) is 38.5 Å². The number of nitrogens with two attached hydrogens (primary N) is 1. The zero-order valence-electron chi connectivity index (χ0n) is 9.75. The third-order valence-corrected chi connectivity index (χ3v) is 2.98. The highest BCUT2D eigenvalue weighted by Crippen LogP contribution is 2.19. The molecule has 0 aromatic heterocycles. The van der Waals surface area contributed by atoms with Crippen LogP contribution in [0.1, 0.15) is 27.2 Å². The SMILES string of the molecule is CC1CN(CCC(C)(C)CN)CCO1. The Hall–Kier alpha value is -0.120. The molecule has 1 rings (SSSR count). The van der Waals surface area contributed by atoms with E-state index in [1.807, 2.05) is 0 Å². The van der Waals surface area contributed by atoms with Gasteiger partial charge in [0.25, 0.3) is 0 Å². The van der Waals surface area contributed by atoms with E-state index in [0.29, 0.717) is 6.10 Å². The van der Waals surface area contributed by atoms with Crippen molar-refractivity contribution in [2.75, 3.05) is 32.8 Å². The zero-order chi connectivity index (χ0) is 10.6. The van der Waals surface area contributed by atoms with Gasteiger partial charge < -0.3 is 10.5 Å². The third kappa shape index (κ3) is 3.95. The van der Waals surface area contributed by atoms with Crippen molar-refractivity contribution in [1.29, 1.82) is 0 Å². The van der Waals surface area contributed by atoms with E-state index in [1.165, 1.54) is 6.42 Å². The van der Waals surface area contributed by atoms with E-state index in [1.54, 1.807) is 0 Å². The Labute approximate surface area is 87.6 Å². The van der Waals surface area contributed by atoms with Crippen molar-refractivity contribution in [3.8, 4) is 0 Å². The summed E-state index contributed by atoms with van der Waals surface area (Å²) in [5, 5.41) is 0. The number of hydrogen-bond acceptors (Lipinski definition) is 3. The maximum atomic E-state index is 5.71. The van der Waals surface area contributed by atoms with Crippen molar-refractivity contribution in [2.45, 2.75) is 33.3 Å². The monoisotopic (exact) mass is 200 g/mol. The second-order valence-electron chi connectivity index (χ2n) is 5.10. The van der Waals surface area contributed by atoms with Crippen LogP contribution < -0.4 is 5.73 Å². The number of hydrogen-bond donors (Lipinski definition) is 1. The summed E-state index contributed by atoms with van der Waals surface area (Å²) >= 11 is 0. The highest BCUT2D eigenvalue weighted by atomic mass is 16.5. The Morgan fingerprint density at radius 3 is 2.79 bits per heavy atom. The van der Waals surface area contributed by atoms with Gasteiger partial charge in [-0.05, 0) is 31.8 Å². The highest BCUT2D eigenvalue weighted by Gasteiger charge is 2.20. The first-order valence-corrected chi connectivity index (χ1v) is 5.57. The van der Waals surface area contributed by atoms with Crippen molar-refractivity contribution in [2.24, 2.45) is 11.1 Å². The lowest BCUT2D eigenvalue weighted by Crippen LogP contribution is -2.42. The first kappa shape index (κ1) is 12.0. The van der Waals surface area contributed by atoms with Gasteiger partial charge in [0.2, 0.25) is 0 Å². The maximum absolute atomic E-state index is 5.71. The van der Waals surface area contributed by atoms with Crippen LogP contribution in [0.3, 0.4) is 0 Å². The average Bonchev–Trinajstić information content (AvgIpc) is 2.15. The van der Waals surface area contributed by atoms with E-state index < -0.39 is 0 Å². The number of morpholine rings is 1. The molecule has 0 amide bonds. The van der Waals surface area contributed by atoms with Crippen LogP contribution >= 0.6 is 0 Å². The fraction of sp³-hybridized carbons (Fsp3) is 1.00. The summed E-state index contributed by atoms with van der Waals surface area (Å²) < 4.78 is 5.50. The molecule has 0 bridgehead atoms. The largest absolute Gasteiger partial charge is 0.376 e. The summed E-state index contributed by atoms with van der Waals surface area (Å²) in [7, 11) is 0. The van der Waals surface area contributed by atoms with Crippen LogP contribution in [0.5, 0.6) is 0 Å². The van der Waals surface area contributed by atoms with Gasteiger partial charge in [-0.3, -0.25) is 4.90 Å². The van der Waals surface area contributed by atoms with Crippen LogP contribution in [-0.2, 0) is 4.74 Å². The molecule has 1 saturated heterocycles. The number of rotatable bonds is 4. The summed E-state index contributed by atoms with van der Waals surface area (Å²) in [6.07, 6.45) is 1.57.